The molecule has 0 atom stereocenters. The van der Waals surface area contributed by atoms with Gasteiger partial charge in [-0.15, -0.1) is 0 Å². The van der Waals surface area contributed by atoms with E-state index >= 15 is 0 Å². The molecule has 0 unspecified atom stereocenters. The average Bonchev–Trinajstić information content (AvgIpc) is 3.33. The van der Waals surface area contributed by atoms with Crippen LogP contribution >= 0.6 is 0 Å². The van der Waals surface area contributed by atoms with Crippen molar-refractivity contribution >= 4 is 28.8 Å². The average molecular weight is 537 g/mol. The van der Waals surface area contributed by atoms with Gasteiger partial charge in [0.05, 0.1) is 29.4 Å². The molecule has 0 saturated carbocycles. The number of aromatic nitrogens is 2. The molecule has 9 heteroatoms. The second-order valence-electron chi connectivity index (χ2n) is 11.4. The highest BCUT2D eigenvalue weighted by atomic mass is 16.6. The summed E-state index contributed by atoms with van der Waals surface area (Å²) >= 11 is 0. The number of carbonyl (C=O) groups is 2. The number of benzene rings is 2. The lowest BCUT2D eigenvalue weighted by Gasteiger charge is -2.34. The number of esters is 1. The van der Waals surface area contributed by atoms with Crippen LogP contribution < -0.4 is 10.1 Å². The summed E-state index contributed by atoms with van der Waals surface area (Å²) in [6.07, 6.45) is 1.11. The largest absolute Gasteiger partial charge is 0.488 e. The second kappa shape index (κ2) is 11.6. The Balaban J connectivity index is 1.54. The Labute approximate surface area is 230 Å². The number of imidazole rings is 1. The lowest BCUT2D eigenvalue weighted by Crippen LogP contribution is -2.44. The zero-order chi connectivity index (χ0) is 28.3. The Morgan fingerprint density at radius 2 is 1.82 bits per heavy atom. The molecule has 39 heavy (non-hydrogen) atoms. The second-order valence-corrected chi connectivity index (χ2v) is 11.4. The zero-order valence-corrected chi connectivity index (χ0v) is 24.0. The quantitative estimate of drug-likeness (QED) is 0.348. The van der Waals surface area contributed by atoms with Crippen LogP contribution in [0.1, 0.15) is 80.7 Å². The van der Waals surface area contributed by atoms with Crippen molar-refractivity contribution in [3.05, 3.63) is 52.8 Å². The molecule has 1 fully saturated rings. The number of nitrogens with one attached hydrogen (secondary N) is 2. The molecule has 2 N–H and O–H groups in total. The number of hydrogen-bond acceptors (Lipinski definition) is 7. The van der Waals surface area contributed by atoms with E-state index in [1.165, 1.54) is 7.11 Å². The van der Waals surface area contributed by atoms with Crippen molar-refractivity contribution in [2.24, 2.45) is 0 Å². The normalized spacial score (nSPS) is 14.5. The first-order valence-corrected chi connectivity index (χ1v) is 13.5. The summed E-state index contributed by atoms with van der Waals surface area (Å²) in [7, 11) is 1.37. The van der Waals surface area contributed by atoms with Gasteiger partial charge in [-0.3, -0.25) is 0 Å². The van der Waals surface area contributed by atoms with E-state index in [0.717, 1.165) is 39.4 Å². The lowest BCUT2D eigenvalue weighted by molar-refractivity contribution is 0.0127. The lowest BCUT2D eigenvalue weighted by atomic mass is 10.1. The van der Waals surface area contributed by atoms with E-state index in [0.29, 0.717) is 38.0 Å². The summed E-state index contributed by atoms with van der Waals surface area (Å²) in [6.45, 7) is 13.6. The molecule has 1 aliphatic rings. The summed E-state index contributed by atoms with van der Waals surface area (Å²) in [4.78, 5) is 34.3. The van der Waals surface area contributed by atoms with Gasteiger partial charge in [0.2, 0.25) is 0 Å². The third-order valence-corrected chi connectivity index (χ3v) is 6.78. The van der Waals surface area contributed by atoms with E-state index in [2.05, 4.69) is 24.1 Å². The van der Waals surface area contributed by atoms with Crippen LogP contribution in [0.15, 0.2) is 30.3 Å². The monoisotopic (exact) mass is 536 g/mol. The van der Waals surface area contributed by atoms with Crippen LogP contribution in [0.25, 0.3) is 11.0 Å². The number of aromatic amines is 1. The predicted octanol–water partition coefficient (Wildman–Crippen LogP) is 6.17. The Morgan fingerprint density at radius 3 is 2.41 bits per heavy atom. The van der Waals surface area contributed by atoms with Gasteiger partial charge in [0.15, 0.2) is 0 Å². The van der Waals surface area contributed by atoms with Gasteiger partial charge < -0.3 is 29.4 Å². The minimum Gasteiger partial charge on any atom is -0.488 e. The smallest absolute Gasteiger partial charge is 0.410 e. The highest BCUT2D eigenvalue weighted by Crippen LogP contribution is 2.37. The number of hydrogen-bond donors (Lipinski definition) is 2. The van der Waals surface area contributed by atoms with Crippen LogP contribution in [0.3, 0.4) is 0 Å². The number of ether oxygens (including phenoxy) is 3. The first-order chi connectivity index (χ1) is 18.4. The van der Waals surface area contributed by atoms with Crippen LogP contribution in [-0.2, 0) is 16.0 Å². The van der Waals surface area contributed by atoms with E-state index in [1.807, 2.05) is 45.9 Å². The van der Waals surface area contributed by atoms with Crippen LogP contribution in [0.5, 0.6) is 5.75 Å². The Morgan fingerprint density at radius 1 is 1.15 bits per heavy atom. The Bertz CT molecular complexity index is 1320. The van der Waals surface area contributed by atoms with Crippen molar-refractivity contribution in [1.29, 1.82) is 0 Å². The minimum absolute atomic E-state index is 0.0343. The standard InChI is InChI=1S/C30H40N4O5/c1-18(2)27-32-23-16-24(38-22-12-14-34(15-13-22)29(36)39-30(4,5)6)26(19(3)25(23)33-27)31-17-20-8-10-21(11-9-20)28(35)37-7/h8-11,16,18,22,31H,12-15,17H2,1-7H3,(H,32,33). The van der Waals surface area contributed by atoms with E-state index in [-0.39, 0.29) is 24.1 Å². The van der Waals surface area contributed by atoms with Gasteiger partial charge in [-0.1, -0.05) is 26.0 Å². The molecule has 2 aromatic carbocycles. The van der Waals surface area contributed by atoms with Gasteiger partial charge in [0.1, 0.15) is 23.3 Å². The summed E-state index contributed by atoms with van der Waals surface area (Å²) in [5.41, 5.74) is 4.75. The number of fused-ring (bicyclic) bond motifs is 1. The number of rotatable bonds is 7. The molecule has 0 bridgehead atoms. The topological polar surface area (TPSA) is 106 Å². The molecule has 0 radical (unpaired) electrons. The Hall–Kier alpha value is -3.75. The highest BCUT2D eigenvalue weighted by molar-refractivity contribution is 5.89. The van der Waals surface area contributed by atoms with Crippen LogP contribution in [0.2, 0.25) is 0 Å². The Kier molecular flexibility index (Phi) is 8.37. The number of nitrogens with zero attached hydrogens (tertiary/aromatic N) is 2. The molecule has 3 aromatic rings. The number of anilines is 1. The first-order valence-electron chi connectivity index (χ1n) is 13.5. The molecule has 2 heterocycles. The number of piperidine rings is 1. The SMILES string of the molecule is COC(=O)c1ccc(CNc2c(OC3CCN(C(=O)OC(C)(C)C)CC3)cc3[nH]c(C(C)C)nc3c2C)cc1. The highest BCUT2D eigenvalue weighted by Gasteiger charge is 2.28. The van der Waals surface area contributed by atoms with Gasteiger partial charge in [-0.05, 0) is 45.4 Å². The molecule has 0 spiro atoms. The fourth-order valence-electron chi connectivity index (χ4n) is 4.62. The van der Waals surface area contributed by atoms with Gasteiger partial charge in [0, 0.05) is 50.0 Å². The maximum Gasteiger partial charge on any atom is 0.410 e. The summed E-state index contributed by atoms with van der Waals surface area (Å²) < 4.78 is 16.9. The maximum absolute atomic E-state index is 12.5. The maximum atomic E-state index is 12.5. The number of carbonyl (C=O) groups excluding carboxylic acids is 2. The molecule has 9 nitrogen and oxygen atoms in total. The van der Waals surface area contributed by atoms with Crippen LogP contribution in [0.4, 0.5) is 10.5 Å². The van der Waals surface area contributed by atoms with E-state index in [4.69, 9.17) is 19.2 Å². The van der Waals surface area contributed by atoms with Crippen molar-refractivity contribution in [1.82, 2.24) is 14.9 Å². The molecule has 0 aliphatic carbocycles. The van der Waals surface area contributed by atoms with Gasteiger partial charge in [-0.2, -0.15) is 0 Å². The molecule has 4 rings (SSSR count). The summed E-state index contributed by atoms with van der Waals surface area (Å²) in [5.74, 6) is 1.59. The van der Waals surface area contributed by atoms with Crippen LogP contribution in [-0.4, -0.2) is 58.8 Å². The molecule has 1 aromatic heterocycles. The molecule has 210 valence electrons. The van der Waals surface area contributed by atoms with E-state index in [1.54, 1.807) is 17.0 Å². The number of methoxy groups -OCH3 is 1. The van der Waals surface area contributed by atoms with E-state index in [9.17, 15) is 9.59 Å². The predicted molar refractivity (Wildman–Crippen MR) is 151 cm³/mol. The van der Waals surface area contributed by atoms with E-state index < -0.39 is 5.60 Å². The number of H-pyrrole nitrogens is 1. The number of amides is 1. The fraction of sp³-hybridized carbons (Fsp3) is 0.500. The fourth-order valence-corrected chi connectivity index (χ4v) is 4.62. The van der Waals surface area contributed by atoms with Gasteiger partial charge in [-0.25, -0.2) is 14.6 Å². The van der Waals surface area contributed by atoms with Gasteiger partial charge >= 0.3 is 12.1 Å². The molecule has 1 aliphatic heterocycles. The summed E-state index contributed by atoms with van der Waals surface area (Å²) in [5, 5.41) is 3.55. The van der Waals surface area contributed by atoms with Crippen molar-refractivity contribution in [3.63, 3.8) is 0 Å². The third kappa shape index (κ3) is 6.82. The van der Waals surface area contributed by atoms with Crippen molar-refractivity contribution < 1.29 is 23.8 Å². The van der Waals surface area contributed by atoms with Gasteiger partial charge in [0.25, 0.3) is 0 Å². The molecule has 1 saturated heterocycles. The molecular weight excluding hydrogens is 496 g/mol. The van der Waals surface area contributed by atoms with Crippen molar-refractivity contribution in [3.8, 4) is 5.75 Å². The third-order valence-electron chi connectivity index (χ3n) is 6.78. The van der Waals surface area contributed by atoms with Crippen molar-refractivity contribution in [2.75, 3.05) is 25.5 Å². The number of likely N-dealkylation sites (tertiary alicyclic amines) is 1. The molecular formula is C30H40N4O5. The zero-order valence-electron chi connectivity index (χ0n) is 24.0. The molecule has 1 amide bonds. The minimum atomic E-state index is -0.517. The number of aryl methyl sites for hydroxylation is 1. The van der Waals surface area contributed by atoms with Crippen molar-refractivity contribution in [2.45, 2.75) is 78.6 Å². The first kappa shape index (κ1) is 28.3. The summed E-state index contributed by atoms with van der Waals surface area (Å²) in [6, 6.07) is 9.36. The van der Waals surface area contributed by atoms with Crippen LogP contribution in [0, 0.1) is 6.92 Å².